The van der Waals surface area contributed by atoms with Crippen LogP contribution in [0.5, 0.6) is 5.75 Å². The number of hydrogen-bond donors (Lipinski definition) is 1. The molecule has 0 heterocycles. The number of nitrogens with one attached hydrogen (secondary N) is 1. The monoisotopic (exact) mass is 415 g/mol. The van der Waals surface area contributed by atoms with Gasteiger partial charge in [-0.25, -0.2) is 0 Å². The van der Waals surface area contributed by atoms with Gasteiger partial charge in [0.25, 0.3) is 0 Å². The van der Waals surface area contributed by atoms with E-state index in [1.54, 1.807) is 6.26 Å². The van der Waals surface area contributed by atoms with E-state index < -0.39 is 11.7 Å². The summed E-state index contributed by atoms with van der Waals surface area (Å²) >= 11 is 1.15. The lowest BCUT2D eigenvalue weighted by molar-refractivity contribution is -0.137. The maximum Gasteiger partial charge on any atom is 0.416 e. The molecular formula is C21H28F3NO2S. The van der Waals surface area contributed by atoms with Crippen LogP contribution in [0.4, 0.5) is 13.2 Å². The molecule has 28 heavy (non-hydrogen) atoms. The normalized spacial score (nSPS) is 23.3. The van der Waals surface area contributed by atoms with Crippen molar-refractivity contribution >= 4 is 17.5 Å². The van der Waals surface area contributed by atoms with Gasteiger partial charge < -0.3 is 10.1 Å². The largest absolute Gasteiger partial charge is 0.496 e. The lowest BCUT2D eigenvalue weighted by atomic mass is 9.92. The van der Waals surface area contributed by atoms with E-state index >= 15 is 0 Å². The number of carbonyl (C=O) groups excluding carboxylic acids is 1. The molecule has 0 bridgehead atoms. The molecule has 1 aromatic rings. The van der Waals surface area contributed by atoms with Gasteiger partial charge in [-0.2, -0.15) is 13.2 Å². The minimum absolute atomic E-state index is 0.0162. The van der Waals surface area contributed by atoms with E-state index in [9.17, 15) is 18.0 Å². The first-order chi connectivity index (χ1) is 13.3. The van der Waals surface area contributed by atoms with Crippen LogP contribution in [0.1, 0.15) is 67.3 Å². The van der Waals surface area contributed by atoms with Gasteiger partial charge in [0.15, 0.2) is 5.78 Å². The highest BCUT2D eigenvalue weighted by Gasteiger charge is 2.35. The second-order valence-corrected chi connectivity index (χ2v) is 8.67. The Morgan fingerprint density at radius 2 is 1.89 bits per heavy atom. The van der Waals surface area contributed by atoms with Crippen LogP contribution in [0.2, 0.25) is 0 Å². The summed E-state index contributed by atoms with van der Waals surface area (Å²) in [5, 5.41) is 3.73. The maximum atomic E-state index is 13.2. The minimum Gasteiger partial charge on any atom is -0.496 e. The van der Waals surface area contributed by atoms with Crippen LogP contribution in [0.3, 0.4) is 0 Å². The Bertz CT molecular complexity index is 676. The predicted octanol–water partition coefficient (Wildman–Crippen LogP) is 5.71. The fraction of sp³-hybridized carbons (Fsp3) is 0.667. The summed E-state index contributed by atoms with van der Waals surface area (Å²) in [4.78, 5) is 13.4. The van der Waals surface area contributed by atoms with E-state index in [-0.39, 0.29) is 23.0 Å². The average Bonchev–Trinajstić information content (AvgIpc) is 3.32. The van der Waals surface area contributed by atoms with E-state index in [0.717, 1.165) is 43.2 Å². The van der Waals surface area contributed by atoms with Crippen LogP contribution in [-0.4, -0.2) is 31.2 Å². The Labute approximate surface area is 168 Å². The number of Topliss-reactive ketones (excluding diaryl/α,β-unsaturated/α-hetero) is 1. The number of thioether (sulfide) groups is 1. The van der Waals surface area contributed by atoms with Crippen molar-refractivity contribution in [3.8, 4) is 5.75 Å². The van der Waals surface area contributed by atoms with Crippen molar-refractivity contribution in [3.05, 3.63) is 23.3 Å². The van der Waals surface area contributed by atoms with Gasteiger partial charge in [0.2, 0.25) is 0 Å². The number of methoxy groups -OCH3 is 1. The van der Waals surface area contributed by atoms with Crippen LogP contribution in [0.15, 0.2) is 17.0 Å². The van der Waals surface area contributed by atoms with Gasteiger partial charge in [0.1, 0.15) is 5.75 Å². The van der Waals surface area contributed by atoms with Crippen molar-refractivity contribution in [2.45, 2.75) is 74.5 Å². The number of ketones is 1. The molecule has 0 aromatic heterocycles. The molecule has 156 valence electrons. The number of benzene rings is 1. The Kier molecular flexibility index (Phi) is 6.97. The SMILES string of the molecule is COc1cc(C(F)(F)F)cc(SC)c1C(=O)C[C@H]1CCC[C@H]1NC1CCCC1. The summed E-state index contributed by atoms with van der Waals surface area (Å²) in [7, 11) is 1.32. The minimum atomic E-state index is -4.47. The van der Waals surface area contributed by atoms with Crippen molar-refractivity contribution in [1.29, 1.82) is 0 Å². The highest BCUT2D eigenvalue weighted by atomic mass is 32.2. The quantitative estimate of drug-likeness (QED) is 0.457. The molecule has 2 aliphatic rings. The zero-order valence-corrected chi connectivity index (χ0v) is 17.2. The van der Waals surface area contributed by atoms with Gasteiger partial charge in [0.05, 0.1) is 18.2 Å². The topological polar surface area (TPSA) is 38.3 Å². The van der Waals surface area contributed by atoms with Crippen molar-refractivity contribution in [2.75, 3.05) is 13.4 Å². The Morgan fingerprint density at radius 1 is 1.18 bits per heavy atom. The average molecular weight is 416 g/mol. The molecule has 7 heteroatoms. The molecule has 0 amide bonds. The van der Waals surface area contributed by atoms with Crippen molar-refractivity contribution in [2.24, 2.45) is 5.92 Å². The first kappa shape index (κ1) is 21.5. The van der Waals surface area contributed by atoms with Crippen LogP contribution in [0.25, 0.3) is 0 Å². The molecule has 0 unspecified atom stereocenters. The summed E-state index contributed by atoms with van der Waals surface area (Å²) in [5.74, 6) is 0.123. The Balaban J connectivity index is 1.79. The maximum absolute atomic E-state index is 13.2. The van der Waals surface area contributed by atoms with Crippen molar-refractivity contribution in [3.63, 3.8) is 0 Å². The van der Waals surface area contributed by atoms with Crippen LogP contribution >= 0.6 is 11.8 Å². The first-order valence-electron chi connectivity index (χ1n) is 9.96. The van der Waals surface area contributed by atoms with Crippen LogP contribution < -0.4 is 10.1 Å². The zero-order chi connectivity index (χ0) is 20.3. The highest BCUT2D eigenvalue weighted by molar-refractivity contribution is 7.98. The second kappa shape index (κ2) is 9.08. The van der Waals surface area contributed by atoms with E-state index in [0.29, 0.717) is 23.4 Å². The van der Waals surface area contributed by atoms with Crippen molar-refractivity contribution in [1.82, 2.24) is 5.32 Å². The number of rotatable bonds is 7. The Morgan fingerprint density at radius 3 is 2.50 bits per heavy atom. The molecule has 2 atom stereocenters. The van der Waals surface area contributed by atoms with E-state index in [2.05, 4.69) is 5.32 Å². The third kappa shape index (κ3) is 4.85. The number of halogens is 3. The van der Waals surface area contributed by atoms with E-state index in [4.69, 9.17) is 4.74 Å². The summed E-state index contributed by atoms with van der Waals surface area (Å²) in [6.07, 6.45) is 5.60. The zero-order valence-electron chi connectivity index (χ0n) is 16.4. The molecule has 2 saturated carbocycles. The lowest BCUT2D eigenvalue weighted by Gasteiger charge is -2.25. The van der Waals surface area contributed by atoms with Gasteiger partial charge in [0, 0.05) is 23.4 Å². The third-order valence-corrected chi connectivity index (χ3v) is 6.79. The molecule has 0 aliphatic heterocycles. The van der Waals surface area contributed by atoms with Crippen LogP contribution in [-0.2, 0) is 6.18 Å². The van der Waals surface area contributed by atoms with Gasteiger partial charge in [-0.3, -0.25) is 4.79 Å². The molecule has 3 nitrogen and oxygen atoms in total. The summed E-state index contributed by atoms with van der Waals surface area (Å²) in [5.41, 5.74) is -0.499. The molecule has 2 fully saturated rings. The summed E-state index contributed by atoms with van der Waals surface area (Å²) in [6, 6.07) is 2.87. The number of carbonyl (C=O) groups is 1. The summed E-state index contributed by atoms with van der Waals surface area (Å²) < 4.78 is 44.7. The number of alkyl halides is 3. The standard InChI is InChI=1S/C21H28F3NO2S/c1-27-18-11-14(21(22,23)24)12-19(28-2)20(18)17(26)10-13-6-5-9-16(13)25-15-7-3-4-8-15/h11-13,15-16,25H,3-10H2,1-2H3/t13-,16-/m1/s1. The van der Waals surface area contributed by atoms with Crippen molar-refractivity contribution < 1.29 is 22.7 Å². The molecule has 2 aliphatic carbocycles. The second-order valence-electron chi connectivity index (χ2n) is 7.83. The van der Waals surface area contributed by atoms with Crippen LogP contribution in [0, 0.1) is 5.92 Å². The number of ether oxygens (including phenoxy) is 1. The molecule has 0 spiro atoms. The van der Waals surface area contributed by atoms with E-state index in [1.807, 2.05) is 0 Å². The predicted molar refractivity (Wildman–Crippen MR) is 105 cm³/mol. The number of hydrogen-bond acceptors (Lipinski definition) is 4. The first-order valence-corrected chi connectivity index (χ1v) is 11.2. The highest BCUT2D eigenvalue weighted by Crippen LogP contribution is 2.40. The molecular weight excluding hydrogens is 387 g/mol. The molecule has 0 saturated heterocycles. The van der Waals surface area contributed by atoms with E-state index in [1.165, 1.54) is 32.8 Å². The lowest BCUT2D eigenvalue weighted by Crippen LogP contribution is -2.39. The molecule has 3 rings (SSSR count). The molecule has 1 N–H and O–H groups in total. The van der Waals surface area contributed by atoms with Gasteiger partial charge >= 0.3 is 6.18 Å². The third-order valence-electron chi connectivity index (χ3n) is 6.02. The fourth-order valence-electron chi connectivity index (χ4n) is 4.59. The van der Waals surface area contributed by atoms with Gasteiger partial charge in [-0.05, 0) is 50.0 Å². The molecule has 0 radical (unpaired) electrons. The molecule has 1 aromatic carbocycles. The fourth-order valence-corrected chi connectivity index (χ4v) is 5.25. The smallest absolute Gasteiger partial charge is 0.416 e. The Hall–Kier alpha value is -1.21. The summed E-state index contributed by atoms with van der Waals surface area (Å²) in [6.45, 7) is 0. The van der Waals surface area contributed by atoms with Gasteiger partial charge in [-0.1, -0.05) is 19.3 Å². The van der Waals surface area contributed by atoms with Gasteiger partial charge in [-0.15, -0.1) is 11.8 Å².